The maximum Gasteiger partial charge on any atom is 0.363 e. The number of hydroxylamine groups is 2. The zero-order chi connectivity index (χ0) is 22.3. The lowest BCUT2D eigenvalue weighted by atomic mass is 9.84. The Morgan fingerprint density at radius 1 is 0.800 bits per heavy atom. The van der Waals surface area contributed by atoms with Crippen molar-refractivity contribution in [3.05, 3.63) is 70.8 Å². The van der Waals surface area contributed by atoms with Crippen molar-refractivity contribution in [3.63, 3.8) is 0 Å². The van der Waals surface area contributed by atoms with Gasteiger partial charge < -0.3 is 9.57 Å². The Morgan fingerprint density at radius 3 is 1.77 bits per heavy atom. The van der Waals surface area contributed by atoms with E-state index >= 15 is 0 Å². The van der Waals surface area contributed by atoms with E-state index in [1.165, 1.54) is 24.3 Å². The summed E-state index contributed by atoms with van der Waals surface area (Å²) >= 11 is 0. The number of esters is 1. The largest absolute Gasteiger partial charge is 0.459 e. The van der Waals surface area contributed by atoms with E-state index in [0.29, 0.717) is 10.6 Å². The zero-order valence-corrected chi connectivity index (χ0v) is 17.5. The van der Waals surface area contributed by atoms with Crippen LogP contribution >= 0.6 is 0 Å². The maximum absolute atomic E-state index is 12.5. The highest BCUT2D eigenvalue weighted by Crippen LogP contribution is 2.28. The van der Waals surface area contributed by atoms with E-state index < -0.39 is 34.8 Å². The number of hydrogen-bond acceptors (Lipinski definition) is 6. The van der Waals surface area contributed by atoms with E-state index in [9.17, 15) is 19.2 Å². The summed E-state index contributed by atoms with van der Waals surface area (Å²) in [5, 5.41) is 0.464. The normalized spacial score (nSPS) is 13.8. The van der Waals surface area contributed by atoms with Crippen molar-refractivity contribution < 1.29 is 28.8 Å². The Morgan fingerprint density at radius 2 is 1.30 bits per heavy atom. The molecule has 7 heteroatoms. The van der Waals surface area contributed by atoms with Gasteiger partial charge in [0.15, 0.2) is 0 Å². The van der Waals surface area contributed by atoms with Crippen molar-refractivity contribution in [2.75, 3.05) is 0 Å². The molecule has 1 aliphatic heterocycles. The van der Waals surface area contributed by atoms with Crippen LogP contribution in [0.5, 0.6) is 0 Å². The molecule has 0 N–H and O–H groups in total. The van der Waals surface area contributed by atoms with Crippen molar-refractivity contribution in [1.82, 2.24) is 5.06 Å². The average Bonchev–Trinajstić information content (AvgIpc) is 2.92. The molecular weight excluding hydrogens is 386 g/mol. The minimum atomic E-state index is -0.932. The van der Waals surface area contributed by atoms with Crippen molar-refractivity contribution in [1.29, 1.82) is 0 Å². The van der Waals surface area contributed by atoms with E-state index in [1.807, 2.05) is 0 Å². The summed E-state index contributed by atoms with van der Waals surface area (Å²) in [4.78, 5) is 54.7. The molecule has 1 heterocycles. The Kier molecular flexibility index (Phi) is 5.24. The van der Waals surface area contributed by atoms with E-state index in [2.05, 4.69) is 0 Å². The zero-order valence-electron chi connectivity index (χ0n) is 17.5. The molecule has 0 radical (unpaired) electrons. The molecule has 3 rings (SSSR count). The van der Waals surface area contributed by atoms with Crippen molar-refractivity contribution in [2.24, 2.45) is 0 Å². The highest BCUT2D eigenvalue weighted by Gasteiger charge is 2.39. The van der Waals surface area contributed by atoms with Crippen molar-refractivity contribution >= 4 is 23.8 Å². The van der Waals surface area contributed by atoms with Gasteiger partial charge in [-0.3, -0.25) is 14.4 Å². The third-order valence-electron chi connectivity index (χ3n) is 4.68. The van der Waals surface area contributed by atoms with E-state index in [-0.39, 0.29) is 16.7 Å². The van der Waals surface area contributed by atoms with Crippen LogP contribution < -0.4 is 0 Å². The Balaban J connectivity index is 1.74. The van der Waals surface area contributed by atoms with Crippen molar-refractivity contribution in [3.8, 4) is 0 Å². The molecule has 2 aromatic carbocycles. The maximum atomic E-state index is 12.5. The van der Waals surface area contributed by atoms with E-state index in [4.69, 9.17) is 9.57 Å². The van der Waals surface area contributed by atoms with Crippen LogP contribution in [0, 0.1) is 0 Å². The molecule has 156 valence electrons. The Hall–Kier alpha value is -3.48. The number of carbonyl (C=O) groups is 4. The summed E-state index contributed by atoms with van der Waals surface area (Å²) in [6.45, 7) is 8.83. The molecule has 0 saturated heterocycles. The molecule has 7 nitrogen and oxygen atoms in total. The van der Waals surface area contributed by atoms with Gasteiger partial charge in [-0.25, -0.2) is 4.79 Å². The van der Waals surface area contributed by atoms with Gasteiger partial charge in [0, 0.05) is 0 Å². The summed E-state index contributed by atoms with van der Waals surface area (Å²) in [5.74, 6) is -2.62. The number of benzene rings is 2. The van der Waals surface area contributed by atoms with E-state index in [0.717, 1.165) is 0 Å². The third kappa shape index (κ3) is 3.96. The monoisotopic (exact) mass is 409 g/mol. The third-order valence-corrected chi connectivity index (χ3v) is 4.68. The minimum Gasteiger partial charge on any atom is -0.459 e. The molecular formula is C23H23NO6. The van der Waals surface area contributed by atoms with Crippen LogP contribution in [0.2, 0.25) is 0 Å². The number of fused-ring (bicyclic) bond motifs is 1. The fraction of sp³-hybridized carbons (Fsp3) is 0.304. The second kappa shape index (κ2) is 7.40. The first kappa shape index (κ1) is 21.2. The molecule has 0 fully saturated rings. The van der Waals surface area contributed by atoms with Gasteiger partial charge in [-0.2, -0.15) is 0 Å². The van der Waals surface area contributed by atoms with Crippen LogP contribution in [0.25, 0.3) is 0 Å². The summed E-state index contributed by atoms with van der Waals surface area (Å²) in [5.41, 5.74) is -0.401. The number of ether oxygens (including phenoxy) is 1. The standard InChI is InChI=1S/C23H23NO6/c1-22(2,3)29-21(28)23(4,5)15-12-10-14(11-13-15)20(27)30-24-18(25)16-8-6-7-9-17(16)19(24)26/h6-13H,1-5H3. The number of carbonyl (C=O) groups excluding carboxylic acids is 4. The van der Waals surface area contributed by atoms with Crippen LogP contribution in [0.1, 0.15) is 71.3 Å². The SMILES string of the molecule is CC(C)(C)OC(=O)C(C)(C)c1ccc(C(=O)ON2C(=O)c3ccccc3C2=O)cc1. The Labute approximate surface area is 174 Å². The number of nitrogens with zero attached hydrogens (tertiary/aromatic N) is 1. The summed E-state index contributed by atoms with van der Waals surface area (Å²) < 4.78 is 5.47. The molecule has 0 saturated carbocycles. The molecule has 2 amide bonds. The molecule has 0 bridgehead atoms. The topological polar surface area (TPSA) is 90.0 Å². The second-order valence-corrected chi connectivity index (χ2v) is 8.53. The lowest BCUT2D eigenvalue weighted by Crippen LogP contribution is -2.36. The van der Waals surface area contributed by atoms with Crippen molar-refractivity contribution in [2.45, 2.75) is 45.6 Å². The summed E-state index contributed by atoms with van der Waals surface area (Å²) in [6, 6.07) is 12.4. The lowest BCUT2D eigenvalue weighted by Gasteiger charge is -2.28. The van der Waals surface area contributed by atoms with Gasteiger partial charge in [-0.05, 0) is 64.4 Å². The number of rotatable bonds is 4. The molecule has 0 aromatic heterocycles. The highest BCUT2D eigenvalue weighted by molar-refractivity contribution is 6.21. The van der Waals surface area contributed by atoms with Gasteiger partial charge in [0.25, 0.3) is 11.8 Å². The Bertz CT molecular complexity index is 995. The van der Waals surface area contributed by atoms with Crippen LogP contribution in [0.15, 0.2) is 48.5 Å². The molecule has 0 spiro atoms. The highest BCUT2D eigenvalue weighted by atomic mass is 16.7. The first-order chi connectivity index (χ1) is 13.9. The minimum absolute atomic E-state index is 0.135. The number of imide groups is 1. The number of hydrogen-bond donors (Lipinski definition) is 0. The number of amides is 2. The fourth-order valence-corrected chi connectivity index (χ4v) is 2.93. The van der Waals surface area contributed by atoms with Gasteiger partial charge in [0.05, 0.1) is 22.1 Å². The molecule has 0 unspecified atom stereocenters. The molecule has 1 aliphatic rings. The smallest absolute Gasteiger partial charge is 0.363 e. The lowest BCUT2D eigenvalue weighted by molar-refractivity contribution is -0.160. The van der Waals surface area contributed by atoms with Gasteiger partial charge in [0.2, 0.25) is 0 Å². The van der Waals surface area contributed by atoms with Crippen LogP contribution in [-0.4, -0.2) is 34.4 Å². The quantitative estimate of drug-likeness (QED) is 0.565. The molecule has 30 heavy (non-hydrogen) atoms. The van der Waals surface area contributed by atoms with Gasteiger partial charge in [0.1, 0.15) is 5.60 Å². The van der Waals surface area contributed by atoms with Gasteiger partial charge >= 0.3 is 11.9 Å². The molecule has 0 atom stereocenters. The fourth-order valence-electron chi connectivity index (χ4n) is 2.93. The van der Waals surface area contributed by atoms with Crippen LogP contribution in [0.4, 0.5) is 0 Å². The summed E-state index contributed by atoms with van der Waals surface area (Å²) in [7, 11) is 0. The van der Waals surface area contributed by atoms with Gasteiger partial charge in [-0.1, -0.05) is 29.3 Å². The molecule has 0 aliphatic carbocycles. The first-order valence-corrected chi connectivity index (χ1v) is 9.46. The van der Waals surface area contributed by atoms with E-state index in [1.54, 1.807) is 58.9 Å². The molecule has 2 aromatic rings. The predicted molar refractivity (Wildman–Crippen MR) is 108 cm³/mol. The van der Waals surface area contributed by atoms with Crippen LogP contribution in [0.3, 0.4) is 0 Å². The second-order valence-electron chi connectivity index (χ2n) is 8.53. The summed E-state index contributed by atoms with van der Waals surface area (Å²) in [6.07, 6.45) is 0. The average molecular weight is 409 g/mol. The van der Waals surface area contributed by atoms with Crippen LogP contribution in [-0.2, 0) is 19.8 Å². The predicted octanol–water partition coefficient (Wildman–Crippen LogP) is 3.67. The first-order valence-electron chi connectivity index (χ1n) is 9.46. The van der Waals surface area contributed by atoms with Gasteiger partial charge in [-0.15, -0.1) is 0 Å².